The van der Waals surface area contributed by atoms with Gasteiger partial charge in [0.1, 0.15) is 11.0 Å². The van der Waals surface area contributed by atoms with E-state index in [1.54, 1.807) is 17.1 Å². The number of aliphatic hydroxyl groups is 1. The fourth-order valence-corrected chi connectivity index (χ4v) is 2.59. The van der Waals surface area contributed by atoms with Crippen LogP contribution in [0, 0.1) is 0 Å². The Morgan fingerprint density at radius 2 is 2.12 bits per heavy atom. The van der Waals surface area contributed by atoms with Gasteiger partial charge < -0.3 is 21.9 Å². The van der Waals surface area contributed by atoms with Crippen LogP contribution < -0.4 is 16.8 Å². The molecule has 0 saturated heterocycles. The van der Waals surface area contributed by atoms with Gasteiger partial charge in [0.05, 0.1) is 31.2 Å². The van der Waals surface area contributed by atoms with E-state index >= 15 is 0 Å². The summed E-state index contributed by atoms with van der Waals surface area (Å²) in [4.78, 5) is 12.9. The van der Waals surface area contributed by atoms with Crippen LogP contribution in [-0.2, 0) is 13.2 Å². The van der Waals surface area contributed by atoms with E-state index in [-0.39, 0.29) is 18.7 Å². The number of nitrogens with two attached hydrogens (primary N) is 2. The van der Waals surface area contributed by atoms with Crippen LogP contribution >= 0.6 is 0 Å². The zero-order valence-corrected chi connectivity index (χ0v) is 14.1. The predicted molar refractivity (Wildman–Crippen MR) is 95.5 cm³/mol. The summed E-state index contributed by atoms with van der Waals surface area (Å²) in [6, 6.07) is 3.69. The van der Waals surface area contributed by atoms with Crippen molar-refractivity contribution < 1.29 is 5.11 Å². The molecule has 0 radical (unpaired) electrons. The van der Waals surface area contributed by atoms with Crippen LogP contribution in [0.2, 0.25) is 0 Å². The summed E-state index contributed by atoms with van der Waals surface area (Å²) < 4.78 is 1.76. The summed E-state index contributed by atoms with van der Waals surface area (Å²) in [7, 11) is 0. The Morgan fingerprint density at radius 1 is 1.28 bits per heavy atom. The van der Waals surface area contributed by atoms with Gasteiger partial charge in [-0.2, -0.15) is 10.1 Å². The minimum atomic E-state index is -0.229. The molecule has 1 atom stereocenters. The highest BCUT2D eigenvalue weighted by Crippen LogP contribution is 2.22. The SMILES string of the molecule is CCCC(N)Nc1nc(N)nc2cnn(Cc3ccc(CO)cn3)c12. The summed E-state index contributed by atoms with van der Waals surface area (Å²) in [5, 5.41) is 16.7. The Bertz CT molecular complexity index is 845. The lowest BCUT2D eigenvalue weighted by Gasteiger charge is -2.15. The molecule has 9 nitrogen and oxygen atoms in total. The van der Waals surface area contributed by atoms with E-state index in [1.807, 2.05) is 12.1 Å². The maximum absolute atomic E-state index is 9.11. The van der Waals surface area contributed by atoms with E-state index in [1.165, 1.54) is 0 Å². The van der Waals surface area contributed by atoms with Crippen LogP contribution in [0.5, 0.6) is 0 Å². The molecule has 0 saturated carbocycles. The van der Waals surface area contributed by atoms with Crippen LogP contribution in [-0.4, -0.2) is 36.0 Å². The fourth-order valence-electron chi connectivity index (χ4n) is 2.59. The highest BCUT2D eigenvalue weighted by Gasteiger charge is 2.15. The molecule has 25 heavy (non-hydrogen) atoms. The average Bonchev–Trinajstić information content (AvgIpc) is 2.98. The predicted octanol–water partition coefficient (Wildman–Crippen LogP) is 0.841. The summed E-state index contributed by atoms with van der Waals surface area (Å²) in [6.07, 6.45) is 4.83. The Morgan fingerprint density at radius 3 is 2.80 bits per heavy atom. The van der Waals surface area contributed by atoms with Gasteiger partial charge in [-0.3, -0.25) is 9.67 Å². The number of aliphatic hydroxyl groups excluding tert-OH is 1. The van der Waals surface area contributed by atoms with E-state index in [9.17, 15) is 0 Å². The van der Waals surface area contributed by atoms with Gasteiger partial charge in [-0.1, -0.05) is 19.4 Å². The van der Waals surface area contributed by atoms with Crippen molar-refractivity contribution in [2.45, 2.75) is 39.1 Å². The third kappa shape index (κ3) is 3.83. The van der Waals surface area contributed by atoms with Crippen molar-refractivity contribution in [2.75, 3.05) is 11.1 Å². The third-order valence-electron chi connectivity index (χ3n) is 3.81. The van der Waals surface area contributed by atoms with Crippen LogP contribution in [0.3, 0.4) is 0 Å². The summed E-state index contributed by atoms with van der Waals surface area (Å²) in [5.74, 6) is 0.733. The molecule has 3 aromatic heterocycles. The van der Waals surface area contributed by atoms with Gasteiger partial charge in [0, 0.05) is 6.20 Å². The molecule has 0 aliphatic carbocycles. The minimum Gasteiger partial charge on any atom is -0.392 e. The lowest BCUT2D eigenvalue weighted by molar-refractivity contribution is 0.281. The van der Waals surface area contributed by atoms with Gasteiger partial charge in [-0.15, -0.1) is 0 Å². The number of anilines is 2. The molecule has 0 amide bonds. The first kappa shape index (κ1) is 17.1. The molecule has 132 valence electrons. The number of nitrogens with zero attached hydrogens (tertiary/aromatic N) is 5. The van der Waals surface area contributed by atoms with E-state index in [0.717, 1.165) is 29.6 Å². The molecule has 0 aromatic carbocycles. The lowest BCUT2D eigenvalue weighted by atomic mass is 10.2. The first-order valence-electron chi connectivity index (χ1n) is 8.16. The molecular formula is C16H22N8O. The molecule has 0 aliphatic rings. The Balaban J connectivity index is 1.94. The van der Waals surface area contributed by atoms with E-state index in [0.29, 0.717) is 17.9 Å². The van der Waals surface area contributed by atoms with Crippen LogP contribution in [0.15, 0.2) is 24.5 Å². The van der Waals surface area contributed by atoms with Gasteiger partial charge in [-0.05, 0) is 18.1 Å². The number of pyridine rings is 1. The van der Waals surface area contributed by atoms with E-state index in [2.05, 4.69) is 32.3 Å². The average molecular weight is 342 g/mol. The molecule has 3 aromatic rings. The van der Waals surface area contributed by atoms with Crippen LogP contribution in [0.1, 0.15) is 31.0 Å². The normalized spacial score (nSPS) is 12.4. The van der Waals surface area contributed by atoms with E-state index < -0.39 is 0 Å². The smallest absolute Gasteiger partial charge is 0.222 e. The van der Waals surface area contributed by atoms with E-state index in [4.69, 9.17) is 16.6 Å². The zero-order valence-electron chi connectivity index (χ0n) is 14.1. The molecule has 0 bridgehead atoms. The largest absolute Gasteiger partial charge is 0.392 e. The van der Waals surface area contributed by atoms with Crippen molar-refractivity contribution in [3.63, 3.8) is 0 Å². The molecule has 3 rings (SSSR count). The summed E-state index contributed by atoms with van der Waals surface area (Å²) in [5.41, 5.74) is 14.8. The first-order valence-corrected chi connectivity index (χ1v) is 8.16. The highest BCUT2D eigenvalue weighted by atomic mass is 16.3. The monoisotopic (exact) mass is 342 g/mol. The molecule has 0 fully saturated rings. The van der Waals surface area contributed by atoms with Crippen LogP contribution in [0.4, 0.5) is 11.8 Å². The van der Waals surface area contributed by atoms with Gasteiger partial charge in [-0.25, -0.2) is 4.98 Å². The Hall–Kier alpha value is -2.78. The van der Waals surface area contributed by atoms with Crippen molar-refractivity contribution in [1.82, 2.24) is 24.7 Å². The van der Waals surface area contributed by atoms with Crippen molar-refractivity contribution in [2.24, 2.45) is 5.73 Å². The number of hydrogen-bond acceptors (Lipinski definition) is 8. The second-order valence-electron chi connectivity index (χ2n) is 5.82. The number of fused-ring (bicyclic) bond motifs is 1. The van der Waals surface area contributed by atoms with Crippen molar-refractivity contribution >= 4 is 22.8 Å². The molecule has 0 spiro atoms. The molecule has 9 heteroatoms. The Kier molecular flexibility index (Phi) is 5.05. The first-order chi connectivity index (χ1) is 12.1. The standard InChI is InChI=1S/C16H22N8O/c1-2-3-13(17)22-15-14-12(21-16(18)23-15)7-20-24(14)8-11-5-4-10(9-25)6-19-11/h4-7,13,25H,2-3,8-9,17H2,1H3,(H3,18,21,22,23). The second-order valence-corrected chi connectivity index (χ2v) is 5.82. The molecule has 1 unspecified atom stereocenters. The maximum atomic E-state index is 9.11. The number of nitrogen functional groups attached to an aromatic ring is 1. The van der Waals surface area contributed by atoms with Crippen molar-refractivity contribution in [3.8, 4) is 0 Å². The Labute approximate surface area is 145 Å². The molecule has 6 N–H and O–H groups in total. The second kappa shape index (κ2) is 7.41. The van der Waals surface area contributed by atoms with Gasteiger partial charge in [0.2, 0.25) is 5.95 Å². The number of nitrogens with one attached hydrogen (secondary N) is 1. The van der Waals surface area contributed by atoms with Gasteiger partial charge in [0.15, 0.2) is 5.82 Å². The lowest BCUT2D eigenvalue weighted by Crippen LogP contribution is -2.30. The highest BCUT2D eigenvalue weighted by molar-refractivity contribution is 5.86. The number of aromatic nitrogens is 5. The quantitative estimate of drug-likeness (QED) is 0.463. The molecular weight excluding hydrogens is 320 g/mol. The number of hydrogen-bond donors (Lipinski definition) is 4. The number of rotatable bonds is 7. The van der Waals surface area contributed by atoms with Crippen molar-refractivity contribution in [3.05, 3.63) is 35.8 Å². The topological polar surface area (TPSA) is 141 Å². The minimum absolute atomic E-state index is 0.0333. The molecule has 0 aliphatic heterocycles. The molecule has 3 heterocycles. The summed E-state index contributed by atoms with van der Waals surface area (Å²) >= 11 is 0. The van der Waals surface area contributed by atoms with Crippen LogP contribution in [0.25, 0.3) is 11.0 Å². The summed E-state index contributed by atoms with van der Waals surface area (Å²) in [6.45, 7) is 2.48. The fraction of sp³-hybridized carbons (Fsp3) is 0.375. The van der Waals surface area contributed by atoms with Gasteiger partial charge in [0.25, 0.3) is 0 Å². The zero-order chi connectivity index (χ0) is 17.8. The van der Waals surface area contributed by atoms with Crippen molar-refractivity contribution in [1.29, 1.82) is 0 Å². The maximum Gasteiger partial charge on any atom is 0.222 e. The van der Waals surface area contributed by atoms with Gasteiger partial charge >= 0.3 is 0 Å². The third-order valence-corrected chi connectivity index (χ3v) is 3.81.